The fraction of sp³-hybridized carbons (Fsp3) is 0.125. The summed E-state index contributed by atoms with van der Waals surface area (Å²) in [5, 5.41) is 4.76. The van der Waals surface area contributed by atoms with Crippen molar-refractivity contribution in [3.63, 3.8) is 0 Å². The summed E-state index contributed by atoms with van der Waals surface area (Å²) in [6.45, 7) is 0. The number of thiophene rings is 1. The van der Waals surface area contributed by atoms with E-state index >= 15 is 0 Å². The Morgan fingerprint density at radius 3 is 2.70 bits per heavy atom. The first-order chi connectivity index (χ1) is 9.78. The van der Waals surface area contributed by atoms with Gasteiger partial charge in [0.15, 0.2) is 0 Å². The van der Waals surface area contributed by atoms with Crippen molar-refractivity contribution in [3.8, 4) is 0 Å². The van der Waals surface area contributed by atoms with Crippen LogP contribution in [0.15, 0.2) is 53.9 Å². The van der Waals surface area contributed by atoms with E-state index < -0.39 is 0 Å². The van der Waals surface area contributed by atoms with Crippen LogP contribution in [0, 0.1) is 2.88 Å². The van der Waals surface area contributed by atoms with Crippen molar-refractivity contribution < 1.29 is 0 Å². The Balaban J connectivity index is 1.95. The molecule has 1 aromatic heterocycles. The van der Waals surface area contributed by atoms with Gasteiger partial charge in [-0.15, -0.1) is 11.3 Å². The van der Waals surface area contributed by atoms with E-state index in [2.05, 4.69) is 81.9 Å². The average Bonchev–Trinajstić information content (AvgIpc) is 2.91. The normalized spacial score (nSPS) is 12.7. The minimum atomic E-state index is 0.153. The SMILES string of the molecule is NNC(Cc1cccc2ccccc12)c1csc(I)c1. The molecular weight excluding hydrogens is 379 g/mol. The highest BCUT2D eigenvalue weighted by atomic mass is 127. The summed E-state index contributed by atoms with van der Waals surface area (Å²) in [6, 6.07) is 17.3. The second-order valence-electron chi connectivity index (χ2n) is 4.75. The predicted molar refractivity (Wildman–Crippen MR) is 94.8 cm³/mol. The number of halogens is 1. The molecule has 1 heterocycles. The van der Waals surface area contributed by atoms with Gasteiger partial charge in [0.1, 0.15) is 0 Å². The molecule has 3 rings (SSSR count). The van der Waals surface area contributed by atoms with E-state index in [0.717, 1.165) is 6.42 Å². The zero-order valence-electron chi connectivity index (χ0n) is 10.8. The first-order valence-electron chi connectivity index (χ1n) is 6.44. The molecule has 0 fully saturated rings. The number of nitrogens with two attached hydrogens (primary N) is 1. The molecule has 20 heavy (non-hydrogen) atoms. The smallest absolute Gasteiger partial charge is 0.0656 e. The van der Waals surface area contributed by atoms with Gasteiger partial charge in [0.25, 0.3) is 0 Å². The summed E-state index contributed by atoms with van der Waals surface area (Å²) in [5.74, 6) is 5.76. The average molecular weight is 394 g/mol. The van der Waals surface area contributed by atoms with E-state index in [4.69, 9.17) is 5.84 Å². The van der Waals surface area contributed by atoms with Gasteiger partial charge in [-0.25, -0.2) is 0 Å². The highest BCUT2D eigenvalue weighted by Gasteiger charge is 2.13. The van der Waals surface area contributed by atoms with Crippen LogP contribution in [0.2, 0.25) is 0 Å². The third kappa shape index (κ3) is 2.88. The van der Waals surface area contributed by atoms with E-state index in [1.165, 1.54) is 24.8 Å². The third-order valence-corrected chi connectivity index (χ3v) is 5.30. The molecule has 4 heteroatoms. The second kappa shape index (κ2) is 6.22. The van der Waals surface area contributed by atoms with Crippen molar-refractivity contribution in [1.82, 2.24) is 5.43 Å². The Labute approximate surface area is 136 Å². The molecule has 0 aliphatic carbocycles. The maximum Gasteiger partial charge on any atom is 0.0656 e. The van der Waals surface area contributed by atoms with Gasteiger partial charge in [-0.1, -0.05) is 42.5 Å². The molecule has 3 N–H and O–H groups in total. The number of hydrogen-bond donors (Lipinski definition) is 2. The Kier molecular flexibility index (Phi) is 4.35. The van der Waals surface area contributed by atoms with Gasteiger partial charge in [0, 0.05) is 0 Å². The van der Waals surface area contributed by atoms with Crippen LogP contribution in [-0.4, -0.2) is 0 Å². The van der Waals surface area contributed by atoms with Crippen LogP contribution < -0.4 is 11.3 Å². The molecule has 0 saturated heterocycles. The van der Waals surface area contributed by atoms with Crippen molar-refractivity contribution in [2.75, 3.05) is 0 Å². The Hall–Kier alpha value is -0.950. The number of nitrogens with one attached hydrogen (secondary N) is 1. The van der Waals surface area contributed by atoms with E-state index in [0.29, 0.717) is 0 Å². The van der Waals surface area contributed by atoms with E-state index in [1.807, 2.05) is 0 Å². The minimum Gasteiger partial charge on any atom is -0.271 e. The first kappa shape index (κ1) is 14.0. The molecule has 0 aliphatic rings. The second-order valence-corrected chi connectivity index (χ2v) is 7.55. The van der Waals surface area contributed by atoms with Gasteiger partial charge in [-0.05, 0) is 62.4 Å². The lowest BCUT2D eigenvalue weighted by Gasteiger charge is -2.16. The molecule has 2 nitrogen and oxygen atoms in total. The summed E-state index contributed by atoms with van der Waals surface area (Å²) in [7, 11) is 0. The zero-order chi connectivity index (χ0) is 13.9. The fourth-order valence-corrected chi connectivity index (χ4v) is 3.90. The first-order valence-corrected chi connectivity index (χ1v) is 8.40. The van der Waals surface area contributed by atoms with Crippen LogP contribution in [-0.2, 0) is 6.42 Å². The van der Waals surface area contributed by atoms with Crippen LogP contribution in [0.25, 0.3) is 10.8 Å². The minimum absolute atomic E-state index is 0.153. The summed E-state index contributed by atoms with van der Waals surface area (Å²) in [4.78, 5) is 0. The number of hydrogen-bond acceptors (Lipinski definition) is 3. The van der Waals surface area contributed by atoms with Crippen molar-refractivity contribution in [2.45, 2.75) is 12.5 Å². The molecule has 3 aromatic rings. The maximum absolute atomic E-state index is 5.76. The molecule has 0 spiro atoms. The third-order valence-electron chi connectivity index (χ3n) is 3.50. The molecule has 0 bridgehead atoms. The number of hydrazine groups is 1. The van der Waals surface area contributed by atoms with Crippen molar-refractivity contribution in [3.05, 3.63) is 67.9 Å². The Bertz CT molecular complexity index is 718. The number of fused-ring (bicyclic) bond motifs is 1. The largest absolute Gasteiger partial charge is 0.271 e. The molecule has 2 aromatic carbocycles. The van der Waals surface area contributed by atoms with Gasteiger partial charge in [-0.2, -0.15) is 0 Å². The monoisotopic (exact) mass is 394 g/mol. The van der Waals surface area contributed by atoms with Crippen LogP contribution in [0.3, 0.4) is 0 Å². The van der Waals surface area contributed by atoms with Crippen molar-refractivity contribution in [1.29, 1.82) is 0 Å². The van der Waals surface area contributed by atoms with Gasteiger partial charge in [0.05, 0.1) is 8.93 Å². The molecule has 0 radical (unpaired) electrons. The molecule has 0 saturated carbocycles. The van der Waals surface area contributed by atoms with Crippen LogP contribution in [0.5, 0.6) is 0 Å². The molecule has 102 valence electrons. The lowest BCUT2D eigenvalue weighted by Crippen LogP contribution is -2.29. The fourth-order valence-electron chi connectivity index (χ4n) is 2.47. The van der Waals surface area contributed by atoms with Crippen LogP contribution in [0.1, 0.15) is 17.2 Å². The zero-order valence-corrected chi connectivity index (χ0v) is 13.8. The summed E-state index contributed by atoms with van der Waals surface area (Å²) in [5.41, 5.74) is 5.53. The molecule has 0 amide bonds. The van der Waals surface area contributed by atoms with Gasteiger partial charge in [-0.3, -0.25) is 11.3 Å². The van der Waals surface area contributed by atoms with Crippen LogP contribution in [0.4, 0.5) is 0 Å². The van der Waals surface area contributed by atoms with Gasteiger partial charge in [0.2, 0.25) is 0 Å². The van der Waals surface area contributed by atoms with Crippen LogP contribution >= 0.6 is 33.9 Å². The number of benzene rings is 2. The van der Waals surface area contributed by atoms with Crippen molar-refractivity contribution >= 4 is 44.7 Å². The standard InChI is InChI=1S/C16H15IN2S/c17-16-9-13(10-20-16)15(19-18)8-12-6-3-5-11-4-1-2-7-14(11)12/h1-7,9-10,15,19H,8,18H2. The molecular formula is C16H15IN2S. The molecule has 1 unspecified atom stereocenters. The highest BCUT2D eigenvalue weighted by Crippen LogP contribution is 2.27. The van der Waals surface area contributed by atoms with E-state index in [-0.39, 0.29) is 6.04 Å². The van der Waals surface area contributed by atoms with Gasteiger partial charge >= 0.3 is 0 Å². The lowest BCUT2D eigenvalue weighted by molar-refractivity contribution is 0.555. The Morgan fingerprint density at radius 2 is 1.95 bits per heavy atom. The highest BCUT2D eigenvalue weighted by molar-refractivity contribution is 14.1. The molecule has 0 aliphatic heterocycles. The maximum atomic E-state index is 5.76. The lowest BCUT2D eigenvalue weighted by atomic mass is 9.96. The van der Waals surface area contributed by atoms with Crippen molar-refractivity contribution in [2.24, 2.45) is 5.84 Å². The Morgan fingerprint density at radius 1 is 1.15 bits per heavy atom. The van der Waals surface area contributed by atoms with Gasteiger partial charge < -0.3 is 0 Å². The predicted octanol–water partition coefficient (Wildman–Crippen LogP) is 4.25. The topological polar surface area (TPSA) is 38.0 Å². The van der Waals surface area contributed by atoms with E-state index in [1.54, 1.807) is 11.3 Å². The quantitative estimate of drug-likeness (QED) is 0.395. The molecule has 1 atom stereocenters. The summed E-state index contributed by atoms with van der Waals surface area (Å²) < 4.78 is 1.29. The summed E-state index contributed by atoms with van der Waals surface area (Å²) >= 11 is 4.10. The van der Waals surface area contributed by atoms with E-state index in [9.17, 15) is 0 Å². The number of rotatable bonds is 4. The summed E-state index contributed by atoms with van der Waals surface area (Å²) in [6.07, 6.45) is 0.894.